The molecule has 3 heterocycles. The van der Waals surface area contributed by atoms with Gasteiger partial charge < -0.3 is 23.7 Å². The minimum absolute atomic E-state index is 0.145. The van der Waals surface area contributed by atoms with Crippen LogP contribution in [-0.2, 0) is 0 Å². The predicted molar refractivity (Wildman–Crippen MR) is 110 cm³/mol. The van der Waals surface area contributed by atoms with Crippen LogP contribution < -0.4 is 14.8 Å². The zero-order valence-corrected chi connectivity index (χ0v) is 16.5. The third kappa shape index (κ3) is 3.77. The summed E-state index contributed by atoms with van der Waals surface area (Å²) in [4.78, 5) is 14.7. The van der Waals surface area contributed by atoms with E-state index in [0.29, 0.717) is 41.9 Å². The average molecular weight is 420 g/mol. The molecule has 1 aliphatic rings. The van der Waals surface area contributed by atoms with E-state index >= 15 is 0 Å². The summed E-state index contributed by atoms with van der Waals surface area (Å²) in [5.41, 5.74) is 0.743. The van der Waals surface area contributed by atoms with Gasteiger partial charge in [-0.2, -0.15) is 0 Å². The quantitative estimate of drug-likeness (QED) is 0.480. The molecule has 1 aliphatic heterocycles. The van der Waals surface area contributed by atoms with Crippen LogP contribution >= 0.6 is 11.8 Å². The first-order valence-electron chi connectivity index (χ1n) is 9.25. The number of rotatable bonds is 5. The number of hydrogen-bond donors (Lipinski definition) is 1. The van der Waals surface area contributed by atoms with Crippen LogP contribution in [0.3, 0.4) is 0 Å². The van der Waals surface area contributed by atoms with Gasteiger partial charge in [0.2, 0.25) is 5.76 Å². The van der Waals surface area contributed by atoms with E-state index in [1.165, 1.54) is 24.1 Å². The van der Waals surface area contributed by atoms with Gasteiger partial charge in [-0.05, 0) is 24.3 Å². The highest BCUT2D eigenvalue weighted by atomic mass is 32.2. The third-order valence-corrected chi connectivity index (χ3v) is 5.44. The second-order valence-corrected chi connectivity index (χ2v) is 7.53. The summed E-state index contributed by atoms with van der Waals surface area (Å²) in [6.45, 7) is 0.948. The molecule has 150 valence electrons. The van der Waals surface area contributed by atoms with Crippen molar-refractivity contribution < 1.29 is 23.2 Å². The van der Waals surface area contributed by atoms with E-state index in [4.69, 9.17) is 18.4 Å². The SMILES string of the molecule is O=C(Nc1cc2c(cc1Sc1ccccc1)OCCO2)c1cc(-c2ccco2)on1. The van der Waals surface area contributed by atoms with Crippen LogP contribution in [0.15, 0.2) is 85.7 Å². The van der Waals surface area contributed by atoms with Gasteiger partial charge in [-0.3, -0.25) is 4.79 Å². The van der Waals surface area contributed by atoms with E-state index < -0.39 is 5.91 Å². The largest absolute Gasteiger partial charge is 0.486 e. The monoisotopic (exact) mass is 420 g/mol. The third-order valence-electron chi connectivity index (χ3n) is 4.37. The van der Waals surface area contributed by atoms with Crippen molar-refractivity contribution in [3.05, 3.63) is 72.6 Å². The molecular formula is C22H16N2O5S. The van der Waals surface area contributed by atoms with Crippen molar-refractivity contribution in [1.82, 2.24) is 5.16 Å². The van der Waals surface area contributed by atoms with Gasteiger partial charge in [0.1, 0.15) is 13.2 Å². The van der Waals surface area contributed by atoms with Crippen molar-refractivity contribution in [1.29, 1.82) is 0 Å². The number of ether oxygens (including phenoxy) is 2. The molecule has 8 heteroatoms. The van der Waals surface area contributed by atoms with Gasteiger partial charge in [0.15, 0.2) is 23.0 Å². The molecule has 0 saturated heterocycles. The van der Waals surface area contributed by atoms with Crippen molar-refractivity contribution in [3.63, 3.8) is 0 Å². The van der Waals surface area contributed by atoms with Crippen molar-refractivity contribution in [2.24, 2.45) is 0 Å². The molecule has 30 heavy (non-hydrogen) atoms. The van der Waals surface area contributed by atoms with E-state index in [9.17, 15) is 4.79 Å². The molecule has 0 saturated carbocycles. The Balaban J connectivity index is 1.44. The first-order valence-corrected chi connectivity index (χ1v) is 10.1. The number of anilines is 1. The maximum atomic E-state index is 12.8. The maximum absolute atomic E-state index is 12.8. The topological polar surface area (TPSA) is 86.7 Å². The smallest absolute Gasteiger partial charge is 0.277 e. The van der Waals surface area contributed by atoms with Gasteiger partial charge in [0, 0.05) is 28.0 Å². The molecule has 0 atom stereocenters. The summed E-state index contributed by atoms with van der Waals surface area (Å²) in [5, 5.41) is 6.77. The fraction of sp³-hybridized carbons (Fsp3) is 0.0909. The summed E-state index contributed by atoms with van der Waals surface area (Å²) in [7, 11) is 0. The molecule has 1 N–H and O–H groups in total. The van der Waals surface area contributed by atoms with Crippen LogP contribution in [0.4, 0.5) is 5.69 Å². The number of carbonyl (C=O) groups is 1. The van der Waals surface area contributed by atoms with Gasteiger partial charge in [0.05, 0.1) is 12.0 Å². The molecular weight excluding hydrogens is 404 g/mol. The van der Waals surface area contributed by atoms with E-state index in [2.05, 4.69) is 10.5 Å². The van der Waals surface area contributed by atoms with Gasteiger partial charge in [-0.15, -0.1) is 0 Å². The Hall–Kier alpha value is -3.65. The van der Waals surface area contributed by atoms with Crippen molar-refractivity contribution in [2.75, 3.05) is 18.5 Å². The molecule has 0 unspecified atom stereocenters. The first-order chi connectivity index (χ1) is 14.8. The van der Waals surface area contributed by atoms with Crippen LogP contribution in [0.5, 0.6) is 11.5 Å². The number of hydrogen-bond acceptors (Lipinski definition) is 7. The zero-order valence-electron chi connectivity index (χ0n) is 15.7. The molecule has 0 fully saturated rings. The van der Waals surface area contributed by atoms with Gasteiger partial charge in [0.25, 0.3) is 5.91 Å². The number of amides is 1. The standard InChI is InChI=1S/C22H16N2O5S/c25-22(16-12-20(29-24-16)17-7-4-8-26-17)23-15-11-18-19(28-10-9-27-18)13-21(15)30-14-5-2-1-3-6-14/h1-8,11-13H,9-10H2,(H,23,25). The van der Waals surface area contributed by atoms with Crippen molar-refractivity contribution >= 4 is 23.4 Å². The summed E-state index contributed by atoms with van der Waals surface area (Å²) in [6, 6.07) is 18.5. The Morgan fingerprint density at radius 1 is 0.933 bits per heavy atom. The lowest BCUT2D eigenvalue weighted by Crippen LogP contribution is -2.17. The lowest BCUT2D eigenvalue weighted by molar-refractivity contribution is 0.101. The van der Waals surface area contributed by atoms with Crippen LogP contribution in [0.25, 0.3) is 11.5 Å². The number of furan rings is 1. The van der Waals surface area contributed by atoms with Gasteiger partial charge >= 0.3 is 0 Å². The van der Waals surface area contributed by atoms with E-state index in [0.717, 1.165) is 9.79 Å². The number of fused-ring (bicyclic) bond motifs is 1. The number of aromatic nitrogens is 1. The van der Waals surface area contributed by atoms with Crippen LogP contribution in [0, 0.1) is 0 Å². The van der Waals surface area contributed by atoms with Crippen LogP contribution in [0.2, 0.25) is 0 Å². The minimum Gasteiger partial charge on any atom is -0.486 e. The lowest BCUT2D eigenvalue weighted by Gasteiger charge is -2.21. The normalized spacial score (nSPS) is 12.5. The van der Waals surface area contributed by atoms with E-state index in [1.807, 2.05) is 36.4 Å². The Morgan fingerprint density at radius 3 is 2.50 bits per heavy atom. The van der Waals surface area contributed by atoms with Gasteiger partial charge in [-0.1, -0.05) is 35.1 Å². The molecule has 0 aliphatic carbocycles. The van der Waals surface area contributed by atoms with Crippen LogP contribution in [-0.4, -0.2) is 24.3 Å². The molecule has 5 rings (SSSR count). The van der Waals surface area contributed by atoms with E-state index in [1.54, 1.807) is 18.2 Å². The molecule has 0 bridgehead atoms. The summed E-state index contributed by atoms with van der Waals surface area (Å²) in [5.74, 6) is 1.72. The molecule has 2 aromatic heterocycles. The number of benzene rings is 2. The molecule has 0 radical (unpaired) electrons. The maximum Gasteiger partial charge on any atom is 0.277 e. The number of carbonyl (C=O) groups excluding carboxylic acids is 1. The van der Waals surface area contributed by atoms with Crippen molar-refractivity contribution in [2.45, 2.75) is 9.79 Å². The summed E-state index contributed by atoms with van der Waals surface area (Å²) in [6.07, 6.45) is 1.53. The molecule has 4 aromatic rings. The molecule has 7 nitrogen and oxygen atoms in total. The van der Waals surface area contributed by atoms with E-state index in [-0.39, 0.29) is 5.69 Å². The summed E-state index contributed by atoms with van der Waals surface area (Å²) >= 11 is 1.52. The zero-order chi connectivity index (χ0) is 20.3. The Bertz CT molecular complexity index is 1170. The second-order valence-electron chi connectivity index (χ2n) is 6.41. The predicted octanol–water partition coefficient (Wildman–Crippen LogP) is 5.11. The molecule has 1 amide bonds. The second kappa shape index (κ2) is 8.00. The Morgan fingerprint density at radius 2 is 1.73 bits per heavy atom. The first kappa shape index (κ1) is 18.4. The Kier molecular flexibility index (Phi) is 4.90. The average Bonchev–Trinajstić information content (AvgIpc) is 3.47. The fourth-order valence-electron chi connectivity index (χ4n) is 2.97. The highest BCUT2D eigenvalue weighted by Crippen LogP contribution is 2.42. The van der Waals surface area contributed by atoms with Crippen LogP contribution in [0.1, 0.15) is 10.5 Å². The van der Waals surface area contributed by atoms with Gasteiger partial charge in [-0.25, -0.2) is 0 Å². The Labute approximate surface area is 176 Å². The van der Waals surface area contributed by atoms with Crippen molar-refractivity contribution in [3.8, 4) is 23.0 Å². The molecule has 0 spiro atoms. The highest BCUT2D eigenvalue weighted by Gasteiger charge is 2.20. The lowest BCUT2D eigenvalue weighted by atomic mass is 10.2. The number of nitrogens with zero attached hydrogens (tertiary/aromatic N) is 1. The minimum atomic E-state index is -0.400. The molecule has 2 aromatic carbocycles. The highest BCUT2D eigenvalue weighted by molar-refractivity contribution is 7.99. The fourth-order valence-corrected chi connectivity index (χ4v) is 3.90. The summed E-state index contributed by atoms with van der Waals surface area (Å²) < 4.78 is 21.9. The number of nitrogens with one attached hydrogen (secondary N) is 1.